The number of hydrogen-bond donors (Lipinski definition) is 2. The molecule has 0 radical (unpaired) electrons. The second-order valence-corrected chi connectivity index (χ2v) is 6.96. The summed E-state index contributed by atoms with van der Waals surface area (Å²) in [6.07, 6.45) is -4.06. The van der Waals surface area contributed by atoms with Crippen molar-refractivity contribution in [1.82, 2.24) is 19.5 Å². The molecular formula is C15H13ClF3N5S. The Bertz CT molecular complexity index is 959. The van der Waals surface area contributed by atoms with Crippen molar-refractivity contribution in [3.8, 4) is 0 Å². The number of aryl methyl sites for hydroxylation is 2. The second-order valence-electron chi connectivity index (χ2n) is 5.46. The van der Waals surface area contributed by atoms with Crippen LogP contribution < -0.4 is 5.49 Å². The summed E-state index contributed by atoms with van der Waals surface area (Å²) in [7, 11) is 0. The summed E-state index contributed by atoms with van der Waals surface area (Å²) < 4.78 is 38.7. The zero-order valence-electron chi connectivity index (χ0n) is 13.0. The zero-order valence-corrected chi connectivity index (χ0v) is 14.6. The van der Waals surface area contributed by atoms with Crippen molar-refractivity contribution in [3.05, 3.63) is 40.6 Å². The molecule has 0 atom stereocenters. The number of nitrogens with one attached hydrogen (secondary N) is 2. The zero-order chi connectivity index (χ0) is 18.2. The Balaban J connectivity index is 1.95. The predicted octanol–water partition coefficient (Wildman–Crippen LogP) is 4.30. The first-order valence-corrected chi connectivity index (χ1v) is 8.42. The number of hydrogen-bond acceptors (Lipinski definition) is 4. The van der Waals surface area contributed by atoms with E-state index >= 15 is 0 Å². The molecule has 0 unspecified atom stereocenters. The van der Waals surface area contributed by atoms with Gasteiger partial charge < -0.3 is 9.55 Å². The van der Waals surface area contributed by atoms with Gasteiger partial charge in [0.15, 0.2) is 16.3 Å². The molecule has 0 aliphatic carbocycles. The smallest absolute Gasteiger partial charge is 0.328 e. The first-order valence-electron chi connectivity index (χ1n) is 7.23. The number of benzene rings is 1. The molecule has 25 heavy (non-hydrogen) atoms. The summed E-state index contributed by atoms with van der Waals surface area (Å²) >= 11 is 7.32. The summed E-state index contributed by atoms with van der Waals surface area (Å²) in [4.78, 5) is 11.9. The lowest BCUT2D eigenvalue weighted by molar-refractivity contribution is -0.136. The third kappa shape index (κ3) is 4.35. The van der Waals surface area contributed by atoms with Gasteiger partial charge in [0.1, 0.15) is 5.52 Å². The van der Waals surface area contributed by atoms with E-state index in [-0.39, 0.29) is 17.7 Å². The molecule has 0 saturated carbocycles. The first kappa shape index (κ1) is 17.8. The van der Waals surface area contributed by atoms with Crippen LogP contribution in [0, 0.1) is 12.3 Å². The molecule has 0 aliphatic rings. The van der Waals surface area contributed by atoms with Gasteiger partial charge in [-0.3, -0.25) is 5.41 Å². The van der Waals surface area contributed by atoms with Crippen LogP contribution >= 0.6 is 23.4 Å². The summed E-state index contributed by atoms with van der Waals surface area (Å²) in [6.45, 7) is 1.60. The van der Waals surface area contributed by atoms with Crippen molar-refractivity contribution in [2.75, 3.05) is 0 Å². The molecule has 0 spiro atoms. The number of aromatic nitrogens is 4. The molecule has 2 heterocycles. The van der Waals surface area contributed by atoms with Gasteiger partial charge in [0.2, 0.25) is 0 Å². The van der Waals surface area contributed by atoms with Crippen LogP contribution in [-0.2, 0) is 6.54 Å². The van der Waals surface area contributed by atoms with Crippen molar-refractivity contribution in [2.45, 2.75) is 36.1 Å². The summed E-state index contributed by atoms with van der Waals surface area (Å²) in [5, 5.41) is 8.87. The molecule has 132 valence electrons. The topological polar surface area (TPSA) is 70.3 Å². The van der Waals surface area contributed by atoms with Crippen LogP contribution in [0.5, 0.6) is 0 Å². The lowest BCUT2D eigenvalue weighted by Gasteiger charge is -2.09. The fourth-order valence-corrected chi connectivity index (χ4v) is 3.59. The lowest BCUT2D eigenvalue weighted by Crippen LogP contribution is -2.16. The number of fused-ring (bicyclic) bond motifs is 1. The molecule has 0 saturated heterocycles. The molecule has 0 fully saturated rings. The Labute approximate surface area is 149 Å². The van der Waals surface area contributed by atoms with Crippen LogP contribution in [0.25, 0.3) is 11.2 Å². The number of H-pyrrole nitrogens is 1. The number of rotatable bonds is 4. The van der Waals surface area contributed by atoms with Gasteiger partial charge in [0, 0.05) is 16.5 Å². The highest BCUT2D eigenvalue weighted by atomic mass is 35.5. The Morgan fingerprint density at radius 1 is 1.32 bits per heavy atom. The first-order chi connectivity index (χ1) is 11.7. The Morgan fingerprint density at radius 2 is 2.08 bits per heavy atom. The van der Waals surface area contributed by atoms with Gasteiger partial charge in [-0.2, -0.15) is 13.2 Å². The molecule has 5 nitrogen and oxygen atoms in total. The second kappa shape index (κ2) is 6.72. The Kier molecular flexibility index (Phi) is 4.79. The van der Waals surface area contributed by atoms with Gasteiger partial charge in [-0.15, -0.1) is 0 Å². The van der Waals surface area contributed by atoms with E-state index in [1.807, 2.05) is 19.1 Å². The monoisotopic (exact) mass is 387 g/mol. The van der Waals surface area contributed by atoms with Crippen molar-refractivity contribution in [1.29, 1.82) is 5.41 Å². The highest BCUT2D eigenvalue weighted by Gasteiger charge is 2.27. The third-order valence-corrected chi connectivity index (χ3v) is 4.44. The third-order valence-electron chi connectivity index (χ3n) is 3.36. The van der Waals surface area contributed by atoms with Gasteiger partial charge in [0.05, 0.1) is 12.7 Å². The Hall–Kier alpha value is -2.00. The number of aromatic amines is 1. The SMILES string of the molecule is Cc1cc(Cl)cc(Sc2nc3c([nH]2)c(=N)ncn3CCC(F)(F)F)c1. The van der Waals surface area contributed by atoms with Crippen molar-refractivity contribution >= 4 is 34.5 Å². The maximum absolute atomic E-state index is 12.5. The van der Waals surface area contributed by atoms with Crippen molar-refractivity contribution in [3.63, 3.8) is 0 Å². The van der Waals surface area contributed by atoms with Gasteiger partial charge in [-0.1, -0.05) is 23.4 Å². The van der Waals surface area contributed by atoms with Gasteiger partial charge >= 0.3 is 6.18 Å². The molecule has 3 aromatic rings. The summed E-state index contributed by atoms with van der Waals surface area (Å²) in [6, 6.07) is 5.51. The van der Waals surface area contributed by atoms with E-state index in [0.29, 0.717) is 15.7 Å². The minimum atomic E-state index is -4.27. The van der Waals surface area contributed by atoms with E-state index in [9.17, 15) is 13.2 Å². The van der Waals surface area contributed by atoms with E-state index < -0.39 is 12.6 Å². The highest BCUT2D eigenvalue weighted by molar-refractivity contribution is 7.99. The quantitative estimate of drug-likeness (QED) is 0.701. The van der Waals surface area contributed by atoms with E-state index in [2.05, 4.69) is 15.0 Å². The molecule has 10 heteroatoms. The number of imidazole rings is 1. The van der Waals surface area contributed by atoms with Crippen LogP contribution in [-0.4, -0.2) is 25.7 Å². The molecule has 0 amide bonds. The number of alkyl halides is 3. The summed E-state index contributed by atoms with van der Waals surface area (Å²) in [5.74, 6) is 0. The average Bonchev–Trinajstić information content (AvgIpc) is 2.89. The van der Waals surface area contributed by atoms with E-state index in [0.717, 1.165) is 10.5 Å². The maximum atomic E-state index is 12.5. The molecule has 1 aromatic carbocycles. The van der Waals surface area contributed by atoms with Gasteiger partial charge in [-0.25, -0.2) is 9.97 Å². The standard InChI is InChI=1S/C15H13ClF3N5S/c1-8-4-9(16)6-10(5-8)25-14-22-11-12(20)21-7-24(13(11)23-14)3-2-15(17,18)19/h4-7,20H,2-3H2,1H3,(H,22,23). The fourth-order valence-electron chi connectivity index (χ4n) is 2.30. The minimum absolute atomic E-state index is 0.0696. The van der Waals surface area contributed by atoms with E-state index in [1.165, 1.54) is 22.7 Å². The molecule has 3 rings (SSSR count). The molecule has 0 aliphatic heterocycles. The molecule has 0 bridgehead atoms. The predicted molar refractivity (Wildman–Crippen MR) is 88.7 cm³/mol. The average molecular weight is 388 g/mol. The van der Waals surface area contributed by atoms with Crippen molar-refractivity contribution in [2.24, 2.45) is 0 Å². The van der Waals surface area contributed by atoms with Gasteiger partial charge in [-0.05, 0) is 30.7 Å². The summed E-state index contributed by atoms with van der Waals surface area (Å²) in [5.41, 5.74) is 1.48. The van der Waals surface area contributed by atoms with Gasteiger partial charge in [0.25, 0.3) is 0 Å². The normalized spacial score (nSPS) is 12.0. The van der Waals surface area contributed by atoms with E-state index in [4.69, 9.17) is 17.0 Å². The van der Waals surface area contributed by atoms with E-state index in [1.54, 1.807) is 6.07 Å². The minimum Gasteiger partial charge on any atom is -0.328 e. The lowest BCUT2D eigenvalue weighted by atomic mass is 10.2. The number of halogens is 4. The largest absolute Gasteiger partial charge is 0.390 e. The van der Waals surface area contributed by atoms with Crippen LogP contribution in [0.2, 0.25) is 5.02 Å². The Morgan fingerprint density at radius 3 is 2.76 bits per heavy atom. The highest BCUT2D eigenvalue weighted by Crippen LogP contribution is 2.29. The van der Waals surface area contributed by atoms with Crippen LogP contribution in [0.15, 0.2) is 34.6 Å². The van der Waals surface area contributed by atoms with Crippen LogP contribution in [0.3, 0.4) is 0 Å². The molecule has 2 aromatic heterocycles. The molecular weight excluding hydrogens is 375 g/mol. The number of nitrogens with zero attached hydrogens (tertiary/aromatic N) is 3. The van der Waals surface area contributed by atoms with Crippen LogP contribution in [0.4, 0.5) is 13.2 Å². The van der Waals surface area contributed by atoms with Crippen LogP contribution in [0.1, 0.15) is 12.0 Å². The molecule has 2 N–H and O–H groups in total. The maximum Gasteiger partial charge on any atom is 0.390 e. The van der Waals surface area contributed by atoms with Crippen molar-refractivity contribution < 1.29 is 13.2 Å². The fraction of sp³-hybridized carbons (Fsp3) is 0.267.